The van der Waals surface area contributed by atoms with Crippen LogP contribution in [-0.2, 0) is 14.4 Å². The molecule has 0 radical (unpaired) electrons. The summed E-state index contributed by atoms with van der Waals surface area (Å²) < 4.78 is 0. The van der Waals surface area contributed by atoms with Gasteiger partial charge in [0.1, 0.15) is 0 Å². The van der Waals surface area contributed by atoms with Crippen molar-refractivity contribution in [2.24, 2.45) is 0 Å². The Morgan fingerprint density at radius 2 is 0.700 bits per heavy atom. The Bertz CT molecular complexity index is 49.7. The van der Waals surface area contributed by atoms with Crippen LogP contribution in [0.2, 0.25) is 0 Å². The van der Waals surface area contributed by atoms with Crippen molar-refractivity contribution in [2.45, 2.75) is 0 Å². The first-order valence-electron chi connectivity index (χ1n) is 1.48. The third-order valence-corrected chi connectivity index (χ3v) is 0. The molecule has 3 N–H and O–H groups in total. The monoisotopic (exact) mass is 302 g/mol. The predicted molar refractivity (Wildman–Crippen MR) is 26.1 cm³/mol. The van der Waals surface area contributed by atoms with Gasteiger partial charge in [0.2, 0.25) is 0 Å². The average Bonchev–Trinajstić information content (AvgIpc) is 1.70. The maximum atomic E-state index is 8.36. The van der Waals surface area contributed by atoms with Crippen LogP contribution in [0.15, 0.2) is 0 Å². The van der Waals surface area contributed by atoms with Crippen LogP contribution in [-0.4, -0.2) is 34.7 Å². The Morgan fingerprint density at radius 1 is 0.700 bits per heavy atom. The number of carboxylic acid groups (broad SMARTS) is 3. The molecular formula is C3H6DyO6. The SMILES string of the molecule is O=CO.O=CO.O=CO.[Dy]. The van der Waals surface area contributed by atoms with Crippen LogP contribution in [0, 0.1) is 38.2 Å². The van der Waals surface area contributed by atoms with Crippen LogP contribution in [0.5, 0.6) is 0 Å². The second kappa shape index (κ2) is 71.2. The van der Waals surface area contributed by atoms with Gasteiger partial charge in [0.25, 0.3) is 19.4 Å². The molecule has 0 spiro atoms. The maximum absolute atomic E-state index is 8.36. The Kier molecular flexibility index (Phi) is 161. The molecule has 0 aromatic carbocycles. The molecule has 0 rings (SSSR count). The fourth-order valence-corrected chi connectivity index (χ4v) is 0. The summed E-state index contributed by atoms with van der Waals surface area (Å²) >= 11 is 0. The van der Waals surface area contributed by atoms with Crippen molar-refractivity contribution >= 4 is 19.4 Å². The Balaban J connectivity index is -0.0000000257. The normalized spacial score (nSPS) is 3.60. The average molecular weight is 301 g/mol. The van der Waals surface area contributed by atoms with Crippen LogP contribution in [0.4, 0.5) is 0 Å². The Morgan fingerprint density at radius 3 is 0.700 bits per heavy atom. The van der Waals surface area contributed by atoms with Crippen LogP contribution >= 0.6 is 0 Å². The molecule has 0 bridgehead atoms. The minimum absolute atomic E-state index is 0. The second-order valence-corrected chi connectivity index (χ2v) is 0.316. The quantitative estimate of drug-likeness (QED) is 0.500. The zero-order valence-electron chi connectivity index (χ0n) is 4.61. The minimum atomic E-state index is -0.250. The van der Waals surface area contributed by atoms with Gasteiger partial charge in [-0.15, -0.1) is 0 Å². The largest absolute Gasteiger partial charge is 0.483 e. The molecule has 10 heavy (non-hydrogen) atoms. The molecular weight excluding hydrogens is 295 g/mol. The Labute approximate surface area is 86.9 Å². The topological polar surface area (TPSA) is 112 Å². The van der Waals surface area contributed by atoms with Gasteiger partial charge in [0, 0.05) is 38.2 Å². The van der Waals surface area contributed by atoms with Crippen molar-refractivity contribution in [2.75, 3.05) is 0 Å². The first-order chi connectivity index (χ1) is 4.24. The smallest absolute Gasteiger partial charge is 0.290 e. The molecule has 0 saturated carbocycles. The predicted octanol–water partition coefficient (Wildman–Crippen LogP) is -0.898. The first-order valence-corrected chi connectivity index (χ1v) is 1.48. The van der Waals surface area contributed by atoms with Gasteiger partial charge in [-0.05, 0) is 0 Å². The summed E-state index contributed by atoms with van der Waals surface area (Å²) in [6, 6.07) is 0. The number of rotatable bonds is 0. The fourth-order valence-electron chi connectivity index (χ4n) is 0. The van der Waals surface area contributed by atoms with Crippen LogP contribution in [0.1, 0.15) is 0 Å². The van der Waals surface area contributed by atoms with E-state index in [9.17, 15) is 0 Å². The minimum Gasteiger partial charge on any atom is -0.483 e. The third kappa shape index (κ3) is 3410. The van der Waals surface area contributed by atoms with Gasteiger partial charge in [0.05, 0.1) is 0 Å². The zero-order chi connectivity index (χ0) is 8.12. The maximum Gasteiger partial charge on any atom is 0.290 e. The molecule has 0 atom stereocenters. The zero-order valence-corrected chi connectivity index (χ0v) is 6.64. The van der Waals surface area contributed by atoms with Crippen molar-refractivity contribution in [3.05, 3.63) is 0 Å². The van der Waals surface area contributed by atoms with E-state index in [0.29, 0.717) is 0 Å². The summed E-state index contributed by atoms with van der Waals surface area (Å²) in [5.74, 6) is 0. The van der Waals surface area contributed by atoms with E-state index in [2.05, 4.69) is 0 Å². The Hall–Kier alpha value is -0.317. The van der Waals surface area contributed by atoms with E-state index < -0.39 is 0 Å². The van der Waals surface area contributed by atoms with E-state index >= 15 is 0 Å². The van der Waals surface area contributed by atoms with Crippen molar-refractivity contribution in [3.63, 3.8) is 0 Å². The molecule has 64 valence electrons. The molecule has 0 aliphatic heterocycles. The molecule has 0 heterocycles. The van der Waals surface area contributed by atoms with E-state index in [1.165, 1.54) is 0 Å². The van der Waals surface area contributed by atoms with E-state index in [-0.39, 0.29) is 57.6 Å². The molecule has 0 aliphatic carbocycles. The molecule has 0 unspecified atom stereocenters. The van der Waals surface area contributed by atoms with Crippen LogP contribution in [0.25, 0.3) is 0 Å². The van der Waals surface area contributed by atoms with Crippen molar-refractivity contribution in [3.8, 4) is 0 Å². The summed E-state index contributed by atoms with van der Waals surface area (Å²) in [5.41, 5.74) is 0. The summed E-state index contributed by atoms with van der Waals surface area (Å²) in [4.78, 5) is 25.1. The molecule has 0 aromatic rings. The van der Waals surface area contributed by atoms with Gasteiger partial charge >= 0.3 is 0 Å². The van der Waals surface area contributed by atoms with Crippen molar-refractivity contribution < 1.29 is 67.9 Å². The summed E-state index contributed by atoms with van der Waals surface area (Å²) in [5, 5.41) is 20.7. The van der Waals surface area contributed by atoms with E-state index in [0.717, 1.165) is 0 Å². The molecule has 0 aliphatic rings. The molecule has 0 fully saturated rings. The van der Waals surface area contributed by atoms with E-state index in [1.54, 1.807) is 0 Å². The molecule has 0 saturated heterocycles. The van der Waals surface area contributed by atoms with Gasteiger partial charge in [-0.3, -0.25) is 14.4 Å². The molecule has 0 aromatic heterocycles. The van der Waals surface area contributed by atoms with Gasteiger partial charge in [-0.2, -0.15) is 0 Å². The van der Waals surface area contributed by atoms with Crippen molar-refractivity contribution in [1.82, 2.24) is 0 Å². The number of hydrogen-bond donors (Lipinski definition) is 3. The summed E-state index contributed by atoms with van der Waals surface area (Å²) in [6.07, 6.45) is 0. The van der Waals surface area contributed by atoms with Gasteiger partial charge in [-0.1, -0.05) is 0 Å². The summed E-state index contributed by atoms with van der Waals surface area (Å²) in [6.45, 7) is -0.750. The van der Waals surface area contributed by atoms with Crippen LogP contribution < -0.4 is 0 Å². The molecule has 6 nitrogen and oxygen atoms in total. The molecule has 7 heteroatoms. The van der Waals surface area contributed by atoms with E-state index in [4.69, 9.17) is 29.7 Å². The second-order valence-electron chi connectivity index (χ2n) is 0.316. The third-order valence-electron chi connectivity index (χ3n) is 0. The van der Waals surface area contributed by atoms with Gasteiger partial charge in [-0.25, -0.2) is 0 Å². The van der Waals surface area contributed by atoms with Crippen LogP contribution in [0.3, 0.4) is 0 Å². The summed E-state index contributed by atoms with van der Waals surface area (Å²) in [7, 11) is 0. The van der Waals surface area contributed by atoms with Crippen molar-refractivity contribution in [1.29, 1.82) is 0 Å². The van der Waals surface area contributed by atoms with Gasteiger partial charge in [0.15, 0.2) is 0 Å². The fraction of sp³-hybridized carbons (Fsp3) is 0. The van der Waals surface area contributed by atoms with E-state index in [1.807, 2.05) is 0 Å². The number of hydrogen-bond acceptors (Lipinski definition) is 3. The molecule has 0 amide bonds. The first kappa shape index (κ1) is 22.6. The number of carbonyl (C=O) groups is 3. The van der Waals surface area contributed by atoms with Gasteiger partial charge < -0.3 is 15.3 Å². The standard InChI is InChI=1S/3CH2O2.Dy/c3*2-1-3;/h3*1H,(H,2,3);.